The Morgan fingerprint density at radius 2 is 2.19 bits per heavy atom. The zero-order valence-corrected chi connectivity index (χ0v) is 9.04. The third kappa shape index (κ3) is 1.26. The number of hydrogen-bond acceptors (Lipinski definition) is 2. The zero-order chi connectivity index (χ0) is 11.3. The van der Waals surface area contributed by atoms with Crippen LogP contribution in [-0.4, -0.2) is 42.0 Å². The maximum Gasteiger partial charge on any atom is 0.260 e. The zero-order valence-electron chi connectivity index (χ0n) is 9.04. The topological polar surface area (TPSA) is 49.4 Å². The molecular formula is C11H15FN2O2. The highest BCUT2D eigenvalue weighted by Crippen LogP contribution is 2.39. The minimum Gasteiger partial charge on any atom is -0.355 e. The number of nitrogens with one attached hydrogen (secondary N) is 1. The van der Waals surface area contributed by atoms with E-state index in [0.29, 0.717) is 32.5 Å². The van der Waals surface area contributed by atoms with Crippen LogP contribution in [0, 0.1) is 11.8 Å². The number of rotatable bonds is 1. The van der Waals surface area contributed by atoms with E-state index in [9.17, 15) is 14.0 Å². The average Bonchev–Trinajstić information content (AvgIpc) is 2.77. The second-order valence-electron chi connectivity index (χ2n) is 5.14. The first-order chi connectivity index (χ1) is 7.60. The van der Waals surface area contributed by atoms with Crippen molar-refractivity contribution in [3.05, 3.63) is 0 Å². The number of carbonyl (C=O) groups excluding carboxylic acids is 2. The molecule has 1 N–H and O–H groups in total. The highest BCUT2D eigenvalue weighted by molar-refractivity contribution is 5.88. The lowest BCUT2D eigenvalue weighted by molar-refractivity contribution is -0.149. The van der Waals surface area contributed by atoms with Gasteiger partial charge >= 0.3 is 0 Å². The Balaban J connectivity index is 1.70. The van der Waals surface area contributed by atoms with Crippen molar-refractivity contribution >= 4 is 11.8 Å². The van der Waals surface area contributed by atoms with Crippen molar-refractivity contribution in [1.82, 2.24) is 10.2 Å². The fourth-order valence-corrected chi connectivity index (χ4v) is 2.89. The molecule has 3 rings (SSSR count). The normalized spacial score (nSPS) is 35.6. The summed E-state index contributed by atoms with van der Waals surface area (Å²) in [7, 11) is 0. The van der Waals surface area contributed by atoms with E-state index >= 15 is 0 Å². The molecule has 0 aromatic carbocycles. The van der Waals surface area contributed by atoms with E-state index in [1.165, 1.54) is 0 Å². The summed E-state index contributed by atoms with van der Waals surface area (Å²) in [5, 5.41) is 2.78. The molecule has 0 spiro atoms. The summed E-state index contributed by atoms with van der Waals surface area (Å²) in [4.78, 5) is 24.9. The molecule has 2 saturated heterocycles. The van der Waals surface area contributed by atoms with Crippen molar-refractivity contribution in [2.24, 2.45) is 11.8 Å². The van der Waals surface area contributed by atoms with Crippen LogP contribution in [-0.2, 0) is 9.59 Å². The predicted octanol–water partition coefficient (Wildman–Crippen LogP) is 0.0830. The standard InChI is InChI=1S/C11H15FN2O2/c12-11(2-1-3-11)10(16)14-5-7-4-13-9(15)8(7)6-14/h7-8H,1-6H2,(H,13,15)/t7-,8+/m1/s1. The highest BCUT2D eigenvalue weighted by atomic mass is 19.1. The second-order valence-corrected chi connectivity index (χ2v) is 5.14. The highest BCUT2D eigenvalue weighted by Gasteiger charge is 2.51. The number of amides is 2. The number of alkyl halides is 1. The lowest BCUT2D eigenvalue weighted by Crippen LogP contribution is -2.50. The molecule has 2 amide bonds. The molecule has 4 nitrogen and oxygen atoms in total. The average molecular weight is 226 g/mol. The van der Waals surface area contributed by atoms with E-state index in [2.05, 4.69) is 5.32 Å². The Hall–Kier alpha value is -1.13. The van der Waals surface area contributed by atoms with Crippen molar-refractivity contribution in [3.63, 3.8) is 0 Å². The van der Waals surface area contributed by atoms with E-state index in [0.717, 1.165) is 6.42 Å². The quantitative estimate of drug-likeness (QED) is 0.688. The van der Waals surface area contributed by atoms with Gasteiger partial charge in [-0.1, -0.05) is 0 Å². The molecule has 3 aliphatic rings. The van der Waals surface area contributed by atoms with Gasteiger partial charge in [-0.15, -0.1) is 0 Å². The molecule has 0 radical (unpaired) electrons. The number of hydrogen-bond donors (Lipinski definition) is 1. The lowest BCUT2D eigenvalue weighted by Gasteiger charge is -2.35. The predicted molar refractivity (Wildman–Crippen MR) is 54.3 cm³/mol. The molecule has 88 valence electrons. The molecule has 16 heavy (non-hydrogen) atoms. The van der Waals surface area contributed by atoms with Crippen LogP contribution in [0.1, 0.15) is 19.3 Å². The smallest absolute Gasteiger partial charge is 0.260 e. The van der Waals surface area contributed by atoms with Crippen LogP contribution < -0.4 is 5.32 Å². The number of nitrogens with zero attached hydrogens (tertiary/aromatic N) is 1. The first kappa shape index (κ1) is 10.1. The molecule has 2 atom stereocenters. The van der Waals surface area contributed by atoms with Gasteiger partial charge in [0.1, 0.15) is 0 Å². The van der Waals surface area contributed by atoms with Gasteiger partial charge < -0.3 is 10.2 Å². The molecule has 0 unspecified atom stereocenters. The van der Waals surface area contributed by atoms with Gasteiger partial charge in [-0.3, -0.25) is 9.59 Å². The number of fused-ring (bicyclic) bond motifs is 1. The third-order valence-corrected chi connectivity index (χ3v) is 4.13. The van der Waals surface area contributed by atoms with Gasteiger partial charge in [-0.2, -0.15) is 0 Å². The fraction of sp³-hybridized carbons (Fsp3) is 0.818. The minimum atomic E-state index is -1.62. The van der Waals surface area contributed by atoms with Crippen LogP contribution >= 0.6 is 0 Å². The lowest BCUT2D eigenvalue weighted by atomic mass is 9.81. The van der Waals surface area contributed by atoms with Crippen molar-refractivity contribution in [1.29, 1.82) is 0 Å². The van der Waals surface area contributed by atoms with Gasteiger partial charge in [0, 0.05) is 25.6 Å². The molecule has 5 heteroatoms. The van der Waals surface area contributed by atoms with Gasteiger partial charge in [-0.25, -0.2) is 4.39 Å². The van der Waals surface area contributed by atoms with Crippen molar-refractivity contribution in [2.75, 3.05) is 19.6 Å². The van der Waals surface area contributed by atoms with E-state index in [-0.39, 0.29) is 23.7 Å². The minimum absolute atomic E-state index is 0.0156. The Labute approximate surface area is 93.2 Å². The van der Waals surface area contributed by atoms with Crippen LogP contribution in [0.3, 0.4) is 0 Å². The van der Waals surface area contributed by atoms with Gasteiger partial charge in [0.2, 0.25) is 5.91 Å². The summed E-state index contributed by atoms with van der Waals surface area (Å²) < 4.78 is 13.9. The van der Waals surface area contributed by atoms with Gasteiger partial charge in [-0.05, 0) is 19.3 Å². The molecule has 0 aromatic heterocycles. The largest absolute Gasteiger partial charge is 0.355 e. The van der Waals surface area contributed by atoms with Crippen LogP contribution in [0.4, 0.5) is 4.39 Å². The van der Waals surface area contributed by atoms with Crippen LogP contribution in [0.2, 0.25) is 0 Å². The monoisotopic (exact) mass is 226 g/mol. The molecule has 0 bridgehead atoms. The Morgan fingerprint density at radius 3 is 2.75 bits per heavy atom. The van der Waals surface area contributed by atoms with E-state index < -0.39 is 5.67 Å². The Morgan fingerprint density at radius 1 is 1.44 bits per heavy atom. The summed E-state index contributed by atoms with van der Waals surface area (Å²) in [6, 6.07) is 0. The number of halogens is 1. The first-order valence-corrected chi connectivity index (χ1v) is 5.86. The van der Waals surface area contributed by atoms with Crippen LogP contribution in [0.5, 0.6) is 0 Å². The SMILES string of the molecule is O=C1NC[C@@H]2CN(C(=O)C3(F)CCC3)C[C@H]12. The van der Waals surface area contributed by atoms with Gasteiger partial charge in [0.25, 0.3) is 5.91 Å². The summed E-state index contributed by atoms with van der Waals surface area (Å²) in [6.45, 7) is 1.57. The summed E-state index contributed by atoms with van der Waals surface area (Å²) in [5.41, 5.74) is -1.62. The van der Waals surface area contributed by atoms with Gasteiger partial charge in [0.15, 0.2) is 5.67 Å². The molecule has 3 fully saturated rings. The number of likely N-dealkylation sites (tertiary alicyclic amines) is 1. The molecule has 1 aliphatic carbocycles. The first-order valence-electron chi connectivity index (χ1n) is 5.86. The van der Waals surface area contributed by atoms with E-state index in [1.807, 2.05) is 0 Å². The molecular weight excluding hydrogens is 211 g/mol. The van der Waals surface area contributed by atoms with Crippen LogP contribution in [0.25, 0.3) is 0 Å². The molecule has 2 heterocycles. The van der Waals surface area contributed by atoms with E-state index in [4.69, 9.17) is 0 Å². The maximum atomic E-state index is 13.9. The fourth-order valence-electron chi connectivity index (χ4n) is 2.89. The Bertz CT molecular complexity index is 354. The molecule has 1 saturated carbocycles. The van der Waals surface area contributed by atoms with Crippen molar-refractivity contribution in [3.8, 4) is 0 Å². The van der Waals surface area contributed by atoms with E-state index in [1.54, 1.807) is 4.90 Å². The Kier molecular flexibility index (Phi) is 2.00. The van der Waals surface area contributed by atoms with Crippen molar-refractivity contribution in [2.45, 2.75) is 24.9 Å². The second kappa shape index (κ2) is 3.18. The van der Waals surface area contributed by atoms with Gasteiger partial charge in [0.05, 0.1) is 5.92 Å². The molecule has 2 aliphatic heterocycles. The molecule has 0 aromatic rings. The van der Waals surface area contributed by atoms with Crippen LogP contribution in [0.15, 0.2) is 0 Å². The van der Waals surface area contributed by atoms with Crippen molar-refractivity contribution < 1.29 is 14.0 Å². The summed E-state index contributed by atoms with van der Waals surface area (Å²) in [6.07, 6.45) is 1.50. The summed E-state index contributed by atoms with van der Waals surface area (Å²) in [5.74, 6) is -0.282. The maximum absolute atomic E-state index is 13.9. The third-order valence-electron chi connectivity index (χ3n) is 4.13. The summed E-state index contributed by atoms with van der Waals surface area (Å²) >= 11 is 0. The number of carbonyl (C=O) groups is 2.